The van der Waals surface area contributed by atoms with Crippen LogP contribution in [-0.4, -0.2) is 47.7 Å². The summed E-state index contributed by atoms with van der Waals surface area (Å²) in [6.07, 6.45) is -0.558. The number of aliphatic hydroxyl groups is 1. The summed E-state index contributed by atoms with van der Waals surface area (Å²) in [5, 5.41) is 10.1. The number of esters is 1. The van der Waals surface area contributed by atoms with Crippen molar-refractivity contribution in [3.8, 4) is 0 Å². The van der Waals surface area contributed by atoms with E-state index < -0.39 is 18.1 Å². The summed E-state index contributed by atoms with van der Waals surface area (Å²) in [6, 6.07) is 4.06. The molecule has 0 bridgehead atoms. The van der Waals surface area contributed by atoms with Crippen LogP contribution in [0.1, 0.15) is 16.8 Å². The van der Waals surface area contributed by atoms with Crippen LogP contribution in [0.2, 0.25) is 5.02 Å². The molecule has 2 atom stereocenters. The van der Waals surface area contributed by atoms with Gasteiger partial charge in [-0.3, -0.25) is 4.79 Å². The largest absolute Gasteiger partial charge is 0.467 e. The number of likely N-dealkylation sites (tertiary alicyclic amines) is 1. The monoisotopic (exact) mass is 361 g/mol. The molecule has 0 saturated carbocycles. The Hall–Kier alpha value is -1.11. The minimum atomic E-state index is -0.770. The predicted molar refractivity (Wildman–Crippen MR) is 76.6 cm³/mol. The highest BCUT2D eigenvalue weighted by molar-refractivity contribution is 9.10. The van der Waals surface area contributed by atoms with Gasteiger partial charge in [0, 0.05) is 22.5 Å². The average molecular weight is 363 g/mol. The van der Waals surface area contributed by atoms with Crippen LogP contribution in [-0.2, 0) is 9.53 Å². The number of aliphatic hydroxyl groups excluding tert-OH is 1. The first-order valence-electron chi connectivity index (χ1n) is 5.96. The lowest BCUT2D eigenvalue weighted by Gasteiger charge is -2.23. The fourth-order valence-corrected chi connectivity index (χ4v) is 2.80. The first kappa shape index (κ1) is 15.3. The van der Waals surface area contributed by atoms with Gasteiger partial charge in [0.2, 0.25) is 0 Å². The number of nitrogens with zero attached hydrogens (tertiary/aromatic N) is 1. The molecule has 1 N–H and O–H groups in total. The molecule has 1 amide bonds. The van der Waals surface area contributed by atoms with Crippen molar-refractivity contribution in [2.24, 2.45) is 0 Å². The Morgan fingerprint density at radius 3 is 2.85 bits per heavy atom. The molecular formula is C13H13BrClNO4. The van der Waals surface area contributed by atoms with E-state index in [4.69, 9.17) is 11.6 Å². The summed E-state index contributed by atoms with van der Waals surface area (Å²) in [7, 11) is 1.25. The van der Waals surface area contributed by atoms with Crippen LogP contribution < -0.4 is 0 Å². The molecule has 1 aliphatic heterocycles. The van der Waals surface area contributed by atoms with Gasteiger partial charge in [0.05, 0.1) is 18.8 Å². The van der Waals surface area contributed by atoms with Crippen LogP contribution in [0.25, 0.3) is 0 Å². The zero-order valence-electron chi connectivity index (χ0n) is 10.7. The number of hydrogen-bond acceptors (Lipinski definition) is 4. The van der Waals surface area contributed by atoms with Gasteiger partial charge in [-0.05, 0) is 34.1 Å². The van der Waals surface area contributed by atoms with E-state index >= 15 is 0 Å². The number of rotatable bonds is 2. The minimum Gasteiger partial charge on any atom is -0.467 e. The molecule has 1 fully saturated rings. The maximum atomic E-state index is 12.5. The van der Waals surface area contributed by atoms with Crippen LogP contribution in [0.5, 0.6) is 0 Å². The van der Waals surface area contributed by atoms with Crippen molar-refractivity contribution in [1.29, 1.82) is 0 Å². The topological polar surface area (TPSA) is 66.8 Å². The number of ether oxygens (including phenoxy) is 1. The Bertz CT molecular complexity index is 551. The summed E-state index contributed by atoms with van der Waals surface area (Å²) in [5.74, 6) is -0.903. The van der Waals surface area contributed by atoms with Gasteiger partial charge in [-0.2, -0.15) is 0 Å². The Morgan fingerprint density at radius 2 is 2.20 bits per heavy atom. The quantitative estimate of drug-likeness (QED) is 0.816. The predicted octanol–water partition coefficient (Wildman–Crippen LogP) is 1.85. The number of β-amino-alcohol motifs (C(OH)–C–C–N with tert-alkyl or cyclic N) is 1. The van der Waals surface area contributed by atoms with Crippen molar-refractivity contribution in [1.82, 2.24) is 4.90 Å². The first-order valence-corrected chi connectivity index (χ1v) is 7.13. The molecule has 20 heavy (non-hydrogen) atoms. The number of hydrogen-bond donors (Lipinski definition) is 1. The van der Waals surface area contributed by atoms with E-state index in [0.29, 0.717) is 15.1 Å². The van der Waals surface area contributed by atoms with Crippen molar-refractivity contribution in [3.05, 3.63) is 33.3 Å². The van der Waals surface area contributed by atoms with Crippen molar-refractivity contribution in [2.75, 3.05) is 13.7 Å². The maximum Gasteiger partial charge on any atom is 0.328 e. The fraction of sp³-hybridized carbons (Fsp3) is 0.385. The Morgan fingerprint density at radius 1 is 1.50 bits per heavy atom. The Kier molecular flexibility index (Phi) is 4.67. The number of halogens is 2. The van der Waals surface area contributed by atoms with Crippen LogP contribution in [0.15, 0.2) is 22.7 Å². The summed E-state index contributed by atoms with van der Waals surface area (Å²) >= 11 is 9.17. The van der Waals surface area contributed by atoms with Crippen molar-refractivity contribution in [2.45, 2.75) is 18.6 Å². The molecule has 1 saturated heterocycles. The van der Waals surface area contributed by atoms with Crippen LogP contribution >= 0.6 is 27.5 Å². The first-order chi connectivity index (χ1) is 9.43. The van der Waals surface area contributed by atoms with E-state index in [9.17, 15) is 14.7 Å². The van der Waals surface area contributed by atoms with Crippen molar-refractivity contribution >= 4 is 39.4 Å². The second kappa shape index (κ2) is 6.11. The zero-order valence-corrected chi connectivity index (χ0v) is 13.0. The van der Waals surface area contributed by atoms with E-state index in [0.717, 1.165) is 0 Å². The molecule has 0 spiro atoms. The highest BCUT2D eigenvalue weighted by atomic mass is 79.9. The Labute approximate surface area is 129 Å². The molecule has 1 aromatic rings. The lowest BCUT2D eigenvalue weighted by molar-refractivity contribution is -0.145. The fourth-order valence-electron chi connectivity index (χ4n) is 2.21. The van der Waals surface area contributed by atoms with Gasteiger partial charge in [0.25, 0.3) is 5.91 Å². The normalized spacial score (nSPS) is 21.9. The second-order valence-corrected chi connectivity index (χ2v) is 5.80. The standard InChI is InChI=1S/C13H13BrClNO4/c1-20-13(19)11-5-8(17)6-16(11)12(18)9-4-7(15)2-3-10(9)14/h2-4,8,11,17H,5-6H2,1H3. The number of benzene rings is 1. The molecule has 1 aliphatic rings. The highest BCUT2D eigenvalue weighted by Crippen LogP contribution is 2.27. The molecule has 108 valence electrons. The molecule has 0 aromatic heterocycles. The number of carbonyl (C=O) groups excluding carboxylic acids is 2. The SMILES string of the molecule is COC(=O)C1CC(O)CN1C(=O)c1cc(Cl)ccc1Br. The molecule has 1 aromatic carbocycles. The van der Waals surface area contributed by atoms with Gasteiger partial charge in [-0.15, -0.1) is 0 Å². The third kappa shape index (κ3) is 2.97. The molecule has 0 aliphatic carbocycles. The van der Waals surface area contributed by atoms with E-state index in [2.05, 4.69) is 20.7 Å². The second-order valence-electron chi connectivity index (χ2n) is 4.51. The lowest BCUT2D eigenvalue weighted by Crippen LogP contribution is -2.41. The summed E-state index contributed by atoms with van der Waals surface area (Å²) in [5.41, 5.74) is 0.348. The summed E-state index contributed by atoms with van der Waals surface area (Å²) in [4.78, 5) is 25.5. The van der Waals surface area contributed by atoms with Crippen molar-refractivity contribution < 1.29 is 19.4 Å². The molecule has 7 heteroatoms. The summed E-state index contributed by atoms with van der Waals surface area (Å²) < 4.78 is 5.25. The maximum absolute atomic E-state index is 12.5. The number of carbonyl (C=O) groups is 2. The average Bonchev–Trinajstić information content (AvgIpc) is 2.82. The third-order valence-electron chi connectivity index (χ3n) is 3.17. The molecule has 2 unspecified atom stereocenters. The van der Waals surface area contributed by atoms with Crippen LogP contribution in [0.4, 0.5) is 0 Å². The third-order valence-corrected chi connectivity index (χ3v) is 4.10. The van der Waals surface area contributed by atoms with E-state index in [-0.39, 0.29) is 18.9 Å². The zero-order chi connectivity index (χ0) is 14.9. The van der Waals surface area contributed by atoms with Gasteiger partial charge in [0.1, 0.15) is 6.04 Å². The highest BCUT2D eigenvalue weighted by Gasteiger charge is 2.40. The van der Waals surface area contributed by atoms with Gasteiger partial charge in [-0.1, -0.05) is 11.6 Å². The lowest BCUT2D eigenvalue weighted by atomic mass is 10.1. The van der Waals surface area contributed by atoms with E-state index in [1.165, 1.54) is 18.1 Å². The molecular weight excluding hydrogens is 350 g/mol. The summed E-state index contributed by atoms with van der Waals surface area (Å²) in [6.45, 7) is 0.0948. The molecule has 1 heterocycles. The minimum absolute atomic E-state index is 0.0948. The molecule has 0 radical (unpaired) electrons. The Balaban J connectivity index is 2.31. The van der Waals surface area contributed by atoms with Gasteiger partial charge >= 0.3 is 5.97 Å². The van der Waals surface area contributed by atoms with Gasteiger partial charge in [-0.25, -0.2) is 4.79 Å². The van der Waals surface area contributed by atoms with E-state index in [1.54, 1.807) is 12.1 Å². The number of amides is 1. The van der Waals surface area contributed by atoms with Gasteiger partial charge < -0.3 is 14.7 Å². The number of methoxy groups -OCH3 is 1. The smallest absolute Gasteiger partial charge is 0.328 e. The molecule has 5 nitrogen and oxygen atoms in total. The van der Waals surface area contributed by atoms with Crippen molar-refractivity contribution in [3.63, 3.8) is 0 Å². The van der Waals surface area contributed by atoms with Crippen LogP contribution in [0.3, 0.4) is 0 Å². The van der Waals surface area contributed by atoms with Crippen LogP contribution in [0, 0.1) is 0 Å². The van der Waals surface area contributed by atoms with Gasteiger partial charge in [0.15, 0.2) is 0 Å². The molecule has 2 rings (SSSR count). The van der Waals surface area contributed by atoms with E-state index in [1.807, 2.05) is 0 Å².